The summed E-state index contributed by atoms with van der Waals surface area (Å²) in [6, 6.07) is 2.97. The third-order valence-corrected chi connectivity index (χ3v) is 7.68. The number of carboxylic acid groups (broad SMARTS) is 1. The highest BCUT2D eigenvalue weighted by atomic mass is 16.5. The first-order valence-electron chi connectivity index (χ1n) is 17.2. The fourth-order valence-corrected chi connectivity index (χ4v) is 4.85. The Bertz CT molecular complexity index is 1220. The van der Waals surface area contributed by atoms with Crippen molar-refractivity contribution in [2.75, 3.05) is 11.9 Å². The predicted octanol–water partition coefficient (Wildman–Crippen LogP) is 9.06. The third-order valence-electron chi connectivity index (χ3n) is 7.68. The Morgan fingerprint density at radius 2 is 1.38 bits per heavy atom. The van der Waals surface area contributed by atoms with E-state index in [2.05, 4.69) is 78.3 Å². The number of nitrogens with one attached hydrogen (secondary N) is 2. The molecule has 260 valence electrons. The number of amides is 2. The van der Waals surface area contributed by atoms with E-state index >= 15 is 0 Å². The molecular weight excluding hydrogens is 592 g/mol. The van der Waals surface area contributed by atoms with Crippen LogP contribution in [0.25, 0.3) is 0 Å². The van der Waals surface area contributed by atoms with Gasteiger partial charge in [0.15, 0.2) is 0 Å². The van der Waals surface area contributed by atoms with E-state index in [9.17, 15) is 24.6 Å². The Morgan fingerprint density at radius 1 is 0.830 bits per heavy atom. The average molecular weight is 651 g/mol. The monoisotopic (exact) mass is 650 g/mol. The minimum Gasteiger partial charge on any atom is -0.507 e. The van der Waals surface area contributed by atoms with Gasteiger partial charge in [-0.1, -0.05) is 95.4 Å². The Hall–Kier alpha value is -3.91. The minimum absolute atomic E-state index is 0.106. The number of aromatic carboxylic acids is 1. The second kappa shape index (κ2) is 24.3. The van der Waals surface area contributed by atoms with Gasteiger partial charge in [-0.3, -0.25) is 9.59 Å². The molecule has 0 saturated carbocycles. The van der Waals surface area contributed by atoms with Crippen LogP contribution in [0.3, 0.4) is 0 Å². The van der Waals surface area contributed by atoms with Crippen LogP contribution in [0.1, 0.15) is 116 Å². The van der Waals surface area contributed by atoms with Crippen molar-refractivity contribution in [3.05, 3.63) is 84.5 Å². The SMILES string of the molecule is CC/C=C\C/C=C\C/C=C\C/C=C\C/C=C\CCCCOC(CC)(CC)C(=O)NC(CC(C)C)C(=O)Nc1ccc(O)c(C(=O)O)c1. The van der Waals surface area contributed by atoms with Crippen molar-refractivity contribution in [3.63, 3.8) is 0 Å². The second-order valence-electron chi connectivity index (χ2n) is 11.9. The second-order valence-corrected chi connectivity index (χ2v) is 11.9. The van der Waals surface area contributed by atoms with Gasteiger partial charge in [0.2, 0.25) is 5.91 Å². The highest BCUT2D eigenvalue weighted by molar-refractivity contribution is 6.00. The lowest BCUT2D eigenvalue weighted by Crippen LogP contribution is -2.54. The lowest BCUT2D eigenvalue weighted by Gasteiger charge is -2.32. The Morgan fingerprint density at radius 3 is 1.89 bits per heavy atom. The van der Waals surface area contributed by atoms with Crippen molar-refractivity contribution in [1.82, 2.24) is 5.32 Å². The van der Waals surface area contributed by atoms with Crippen molar-refractivity contribution < 1.29 is 29.3 Å². The predicted molar refractivity (Wildman–Crippen MR) is 193 cm³/mol. The highest BCUT2D eigenvalue weighted by Crippen LogP contribution is 2.24. The molecule has 0 fully saturated rings. The molecule has 0 aromatic heterocycles. The number of phenols is 1. The van der Waals surface area contributed by atoms with Gasteiger partial charge < -0.3 is 25.6 Å². The molecule has 4 N–H and O–H groups in total. The number of unbranched alkanes of at least 4 members (excludes halogenated alkanes) is 2. The number of ether oxygens (including phenoxy) is 1. The zero-order valence-electron chi connectivity index (χ0n) is 29.2. The van der Waals surface area contributed by atoms with Crippen molar-refractivity contribution in [2.45, 2.75) is 117 Å². The molecule has 1 unspecified atom stereocenters. The van der Waals surface area contributed by atoms with Crippen LogP contribution in [0, 0.1) is 5.92 Å². The molecule has 0 bridgehead atoms. The molecule has 0 aliphatic rings. The summed E-state index contributed by atoms with van der Waals surface area (Å²) in [4.78, 5) is 38.1. The fourth-order valence-electron chi connectivity index (χ4n) is 4.85. The van der Waals surface area contributed by atoms with E-state index in [1.54, 1.807) is 0 Å². The van der Waals surface area contributed by atoms with Gasteiger partial charge >= 0.3 is 5.97 Å². The Balaban J connectivity index is 2.52. The molecule has 1 aromatic carbocycles. The van der Waals surface area contributed by atoms with Gasteiger partial charge in [-0.2, -0.15) is 0 Å². The molecule has 0 heterocycles. The number of carbonyl (C=O) groups excluding carboxylic acids is 2. The topological polar surface area (TPSA) is 125 Å². The van der Waals surface area contributed by atoms with Gasteiger partial charge in [0.1, 0.15) is 23.0 Å². The van der Waals surface area contributed by atoms with Crippen molar-refractivity contribution in [1.29, 1.82) is 0 Å². The number of carbonyl (C=O) groups is 3. The number of hydrogen-bond donors (Lipinski definition) is 4. The highest BCUT2D eigenvalue weighted by Gasteiger charge is 2.38. The molecule has 1 rings (SSSR count). The number of hydrogen-bond acceptors (Lipinski definition) is 5. The molecule has 1 atom stereocenters. The summed E-state index contributed by atoms with van der Waals surface area (Å²) in [5, 5.41) is 24.7. The molecule has 1 aromatic rings. The van der Waals surface area contributed by atoms with E-state index in [4.69, 9.17) is 4.74 Å². The number of rotatable bonds is 24. The van der Waals surface area contributed by atoms with Crippen molar-refractivity contribution >= 4 is 23.5 Å². The number of benzene rings is 1. The molecule has 8 nitrogen and oxygen atoms in total. The maximum absolute atomic E-state index is 13.5. The normalized spacial score (nSPS) is 13.1. The summed E-state index contributed by atoms with van der Waals surface area (Å²) in [6.07, 6.45) is 30.7. The molecule has 2 amide bonds. The van der Waals surface area contributed by atoms with Crippen LogP contribution >= 0.6 is 0 Å². The van der Waals surface area contributed by atoms with E-state index in [-0.39, 0.29) is 23.1 Å². The summed E-state index contributed by atoms with van der Waals surface area (Å²) in [6.45, 7) is 10.3. The zero-order valence-corrected chi connectivity index (χ0v) is 29.2. The Labute approximate surface area is 282 Å². The molecule has 0 radical (unpaired) electrons. The van der Waals surface area contributed by atoms with Gasteiger partial charge in [0, 0.05) is 12.3 Å². The lowest BCUT2D eigenvalue weighted by atomic mass is 9.94. The summed E-state index contributed by atoms with van der Waals surface area (Å²) >= 11 is 0. The minimum atomic E-state index is -1.31. The van der Waals surface area contributed by atoms with E-state index < -0.39 is 29.3 Å². The quantitative estimate of drug-likeness (QED) is 0.0503. The van der Waals surface area contributed by atoms with Gasteiger partial charge in [0.05, 0.1) is 0 Å². The first-order chi connectivity index (χ1) is 22.6. The summed E-state index contributed by atoms with van der Waals surface area (Å²) in [5.74, 6) is -2.40. The van der Waals surface area contributed by atoms with Gasteiger partial charge in [0.25, 0.3) is 5.91 Å². The average Bonchev–Trinajstić information content (AvgIpc) is 3.04. The first-order valence-corrected chi connectivity index (χ1v) is 17.2. The smallest absolute Gasteiger partial charge is 0.339 e. The zero-order chi connectivity index (χ0) is 34.9. The first kappa shape index (κ1) is 41.1. The fraction of sp³-hybridized carbons (Fsp3) is 0.513. The van der Waals surface area contributed by atoms with Crippen LogP contribution < -0.4 is 10.6 Å². The van der Waals surface area contributed by atoms with Crippen LogP contribution in [0.4, 0.5) is 5.69 Å². The summed E-state index contributed by atoms with van der Waals surface area (Å²) in [5.41, 5.74) is -1.16. The standard InChI is InChI=1S/C39H58N2O6/c1-6-9-10-11-12-13-14-15-16-17-18-19-20-21-22-23-24-25-28-47-39(7-2,8-3)38(46)41-34(29-31(4)5)36(43)40-32-26-27-35(42)33(30-32)37(44)45/h9-10,12-13,15-16,18-19,21-22,26-27,30-31,34,42H,6-8,11,14,17,20,23-25,28-29H2,1-5H3,(H,40,43)(H,41,46)(H,44,45)/b10-9-,13-12-,16-15-,19-18-,22-21-. The molecule has 0 aliphatic carbocycles. The van der Waals surface area contributed by atoms with Gasteiger partial charge in [-0.15, -0.1) is 0 Å². The van der Waals surface area contributed by atoms with Gasteiger partial charge in [-0.05, 0) is 94.7 Å². The maximum atomic E-state index is 13.5. The third kappa shape index (κ3) is 17.0. The van der Waals surface area contributed by atoms with Crippen LogP contribution in [-0.4, -0.2) is 46.2 Å². The van der Waals surface area contributed by atoms with E-state index in [0.29, 0.717) is 25.9 Å². The molecular formula is C39H58N2O6. The van der Waals surface area contributed by atoms with E-state index in [1.807, 2.05) is 27.7 Å². The van der Waals surface area contributed by atoms with Crippen LogP contribution in [-0.2, 0) is 14.3 Å². The van der Waals surface area contributed by atoms with E-state index in [1.165, 1.54) is 18.2 Å². The van der Waals surface area contributed by atoms with Crippen molar-refractivity contribution in [2.24, 2.45) is 5.92 Å². The largest absolute Gasteiger partial charge is 0.507 e. The number of aromatic hydroxyl groups is 1. The number of allylic oxidation sites excluding steroid dienone is 10. The number of carboxylic acids is 1. The lowest BCUT2D eigenvalue weighted by molar-refractivity contribution is -0.150. The van der Waals surface area contributed by atoms with Gasteiger partial charge in [-0.25, -0.2) is 4.79 Å². The summed E-state index contributed by atoms with van der Waals surface area (Å²) < 4.78 is 6.19. The molecule has 0 saturated heterocycles. The van der Waals surface area contributed by atoms with Crippen LogP contribution in [0.15, 0.2) is 79.0 Å². The van der Waals surface area contributed by atoms with Crippen molar-refractivity contribution in [3.8, 4) is 5.75 Å². The molecule has 8 heteroatoms. The van der Waals surface area contributed by atoms with Crippen LogP contribution in [0.5, 0.6) is 5.75 Å². The molecule has 0 aliphatic heterocycles. The van der Waals surface area contributed by atoms with Crippen LogP contribution in [0.2, 0.25) is 0 Å². The Kier molecular flexibility index (Phi) is 21.2. The number of anilines is 1. The maximum Gasteiger partial charge on any atom is 0.339 e. The summed E-state index contributed by atoms with van der Waals surface area (Å²) in [7, 11) is 0. The van der Waals surface area contributed by atoms with E-state index in [0.717, 1.165) is 51.4 Å². The molecule has 0 spiro atoms. The molecule has 47 heavy (non-hydrogen) atoms.